The standard InChI is InChI=1S/C20H28N4O2/c1-14-10-19(15(2)26-14)20(25)21-12-16-11-18-13-23(8-9-24(18)22-16)17-6-4-3-5-7-17/h10-11,17H,3-9,12-13H2,1-2H3,(H,21,25). The van der Waals surface area contributed by atoms with E-state index in [0.717, 1.165) is 37.1 Å². The molecular formula is C20H28N4O2. The Morgan fingerprint density at radius 2 is 2.04 bits per heavy atom. The number of amides is 1. The fraction of sp³-hybridized carbons (Fsp3) is 0.600. The molecule has 0 spiro atoms. The SMILES string of the molecule is Cc1cc(C(=O)NCc2cc3n(n2)CCN(C2CCCCC2)C3)c(C)o1. The normalized spacial score (nSPS) is 18.7. The summed E-state index contributed by atoms with van der Waals surface area (Å²) in [6.07, 6.45) is 6.79. The summed E-state index contributed by atoms with van der Waals surface area (Å²) in [5, 5.41) is 7.64. The molecule has 0 bridgehead atoms. The lowest BCUT2D eigenvalue weighted by molar-refractivity contribution is 0.0948. The number of furan rings is 1. The number of fused-ring (bicyclic) bond motifs is 1. The minimum atomic E-state index is -0.103. The van der Waals surface area contributed by atoms with Gasteiger partial charge < -0.3 is 9.73 Å². The zero-order valence-corrected chi connectivity index (χ0v) is 15.8. The summed E-state index contributed by atoms with van der Waals surface area (Å²) in [4.78, 5) is 15.0. The van der Waals surface area contributed by atoms with Crippen LogP contribution in [0.1, 0.15) is 65.4 Å². The highest BCUT2D eigenvalue weighted by atomic mass is 16.3. The number of rotatable bonds is 4. The van der Waals surface area contributed by atoms with Crippen LogP contribution in [0.15, 0.2) is 16.5 Å². The molecule has 1 N–H and O–H groups in total. The molecule has 1 aliphatic heterocycles. The number of hydrogen-bond acceptors (Lipinski definition) is 4. The van der Waals surface area contributed by atoms with Gasteiger partial charge >= 0.3 is 0 Å². The van der Waals surface area contributed by atoms with Crippen LogP contribution in [0.4, 0.5) is 0 Å². The number of carbonyl (C=O) groups excluding carboxylic acids is 1. The Morgan fingerprint density at radius 3 is 2.77 bits per heavy atom. The van der Waals surface area contributed by atoms with E-state index in [1.165, 1.54) is 37.8 Å². The van der Waals surface area contributed by atoms with E-state index < -0.39 is 0 Å². The lowest BCUT2D eigenvalue weighted by atomic mass is 9.94. The maximum absolute atomic E-state index is 12.3. The molecule has 4 rings (SSSR count). The second-order valence-corrected chi connectivity index (χ2v) is 7.62. The van der Waals surface area contributed by atoms with E-state index in [0.29, 0.717) is 17.9 Å². The van der Waals surface area contributed by atoms with Crippen molar-refractivity contribution in [3.8, 4) is 0 Å². The van der Waals surface area contributed by atoms with Gasteiger partial charge in [-0.25, -0.2) is 0 Å². The van der Waals surface area contributed by atoms with Crippen LogP contribution in [0.3, 0.4) is 0 Å². The van der Waals surface area contributed by atoms with Crippen molar-refractivity contribution >= 4 is 5.91 Å². The van der Waals surface area contributed by atoms with Gasteiger partial charge in [0.25, 0.3) is 5.91 Å². The predicted octanol–water partition coefficient (Wildman–Crippen LogP) is 3.17. The minimum absolute atomic E-state index is 0.103. The molecule has 6 heteroatoms. The van der Waals surface area contributed by atoms with Crippen LogP contribution in [0.2, 0.25) is 0 Å². The molecule has 140 valence electrons. The van der Waals surface area contributed by atoms with Crippen molar-refractivity contribution in [2.45, 2.75) is 71.6 Å². The molecule has 3 heterocycles. The molecule has 0 radical (unpaired) electrons. The highest BCUT2D eigenvalue weighted by Crippen LogP contribution is 2.26. The molecule has 1 amide bonds. The predicted molar refractivity (Wildman–Crippen MR) is 98.9 cm³/mol. The smallest absolute Gasteiger partial charge is 0.255 e. The first kappa shape index (κ1) is 17.3. The van der Waals surface area contributed by atoms with Crippen molar-refractivity contribution in [3.63, 3.8) is 0 Å². The van der Waals surface area contributed by atoms with Crippen LogP contribution in [-0.2, 0) is 19.6 Å². The lowest BCUT2D eigenvalue weighted by Gasteiger charge is -2.36. The minimum Gasteiger partial charge on any atom is -0.466 e. The van der Waals surface area contributed by atoms with Crippen molar-refractivity contribution in [1.29, 1.82) is 0 Å². The molecule has 0 unspecified atom stereocenters. The summed E-state index contributed by atoms with van der Waals surface area (Å²) in [5.74, 6) is 1.31. The van der Waals surface area contributed by atoms with Gasteiger partial charge in [0, 0.05) is 19.1 Å². The molecule has 6 nitrogen and oxygen atoms in total. The maximum atomic E-state index is 12.3. The summed E-state index contributed by atoms with van der Waals surface area (Å²) in [7, 11) is 0. The maximum Gasteiger partial charge on any atom is 0.255 e. The molecule has 2 aromatic rings. The van der Waals surface area contributed by atoms with Crippen molar-refractivity contribution in [2.75, 3.05) is 6.54 Å². The number of nitrogens with one attached hydrogen (secondary N) is 1. The highest BCUT2D eigenvalue weighted by molar-refractivity contribution is 5.95. The largest absolute Gasteiger partial charge is 0.466 e. The van der Waals surface area contributed by atoms with Gasteiger partial charge in [0.1, 0.15) is 11.5 Å². The third-order valence-electron chi connectivity index (χ3n) is 5.68. The van der Waals surface area contributed by atoms with Crippen LogP contribution in [0.25, 0.3) is 0 Å². The summed E-state index contributed by atoms with van der Waals surface area (Å²) >= 11 is 0. The van der Waals surface area contributed by atoms with Gasteiger partial charge in [-0.3, -0.25) is 14.4 Å². The molecule has 2 aromatic heterocycles. The van der Waals surface area contributed by atoms with Crippen molar-refractivity contribution in [1.82, 2.24) is 20.0 Å². The van der Waals surface area contributed by atoms with Crippen LogP contribution in [0.5, 0.6) is 0 Å². The van der Waals surface area contributed by atoms with Gasteiger partial charge in [-0.2, -0.15) is 5.10 Å². The number of hydrogen-bond donors (Lipinski definition) is 1. The third-order valence-corrected chi connectivity index (χ3v) is 5.68. The summed E-state index contributed by atoms with van der Waals surface area (Å²) < 4.78 is 7.54. The lowest BCUT2D eigenvalue weighted by Crippen LogP contribution is -2.42. The zero-order chi connectivity index (χ0) is 18.1. The topological polar surface area (TPSA) is 63.3 Å². The van der Waals surface area contributed by atoms with Gasteiger partial charge in [-0.05, 0) is 38.8 Å². The van der Waals surface area contributed by atoms with Crippen molar-refractivity contribution < 1.29 is 9.21 Å². The highest BCUT2D eigenvalue weighted by Gasteiger charge is 2.26. The monoisotopic (exact) mass is 356 g/mol. The van der Waals surface area contributed by atoms with Crippen LogP contribution >= 0.6 is 0 Å². The Labute approximate surface area is 154 Å². The van der Waals surface area contributed by atoms with Gasteiger partial charge in [0.05, 0.1) is 30.0 Å². The Kier molecular flexibility index (Phi) is 4.85. The first-order valence-corrected chi connectivity index (χ1v) is 9.75. The molecule has 26 heavy (non-hydrogen) atoms. The molecule has 1 aliphatic carbocycles. The van der Waals surface area contributed by atoms with E-state index >= 15 is 0 Å². The Balaban J connectivity index is 1.37. The van der Waals surface area contributed by atoms with Crippen molar-refractivity contribution in [2.24, 2.45) is 0 Å². The van der Waals surface area contributed by atoms with Crippen molar-refractivity contribution in [3.05, 3.63) is 40.6 Å². The zero-order valence-electron chi connectivity index (χ0n) is 15.8. The quantitative estimate of drug-likeness (QED) is 0.914. The number of aryl methyl sites for hydroxylation is 2. The summed E-state index contributed by atoms with van der Waals surface area (Å²) in [6.45, 7) is 7.12. The van der Waals surface area contributed by atoms with E-state index in [9.17, 15) is 4.79 Å². The van der Waals surface area contributed by atoms with Crippen LogP contribution in [0, 0.1) is 13.8 Å². The Bertz CT molecular complexity index is 786. The van der Waals surface area contributed by atoms with E-state index in [4.69, 9.17) is 4.42 Å². The number of carbonyl (C=O) groups is 1. The summed E-state index contributed by atoms with van der Waals surface area (Å²) in [6, 6.07) is 4.66. The molecule has 1 saturated carbocycles. The Morgan fingerprint density at radius 1 is 1.23 bits per heavy atom. The average molecular weight is 356 g/mol. The van der Waals surface area contributed by atoms with E-state index in [2.05, 4.69) is 26.1 Å². The first-order valence-electron chi connectivity index (χ1n) is 9.75. The molecule has 2 aliphatic rings. The average Bonchev–Trinajstić information content (AvgIpc) is 3.21. The second-order valence-electron chi connectivity index (χ2n) is 7.62. The Hall–Kier alpha value is -2.08. The van der Waals surface area contributed by atoms with Gasteiger partial charge in [-0.15, -0.1) is 0 Å². The van der Waals surface area contributed by atoms with E-state index in [1.807, 2.05) is 13.8 Å². The first-order chi connectivity index (χ1) is 12.6. The molecule has 0 aromatic carbocycles. The fourth-order valence-electron chi connectivity index (χ4n) is 4.31. The van der Waals surface area contributed by atoms with Crippen LogP contribution < -0.4 is 5.32 Å². The van der Waals surface area contributed by atoms with E-state index in [1.54, 1.807) is 6.07 Å². The number of nitrogens with zero attached hydrogens (tertiary/aromatic N) is 3. The molecule has 0 atom stereocenters. The molecular weight excluding hydrogens is 328 g/mol. The summed E-state index contributed by atoms with van der Waals surface area (Å²) in [5.41, 5.74) is 2.80. The van der Waals surface area contributed by atoms with Gasteiger partial charge in [0.15, 0.2) is 0 Å². The number of aromatic nitrogens is 2. The molecule has 1 fully saturated rings. The van der Waals surface area contributed by atoms with Gasteiger partial charge in [-0.1, -0.05) is 19.3 Å². The fourth-order valence-corrected chi connectivity index (χ4v) is 4.31. The van der Waals surface area contributed by atoms with Gasteiger partial charge in [0.2, 0.25) is 0 Å². The second kappa shape index (κ2) is 7.27. The third kappa shape index (κ3) is 3.56. The molecule has 0 saturated heterocycles. The van der Waals surface area contributed by atoms with Crippen LogP contribution in [-0.4, -0.2) is 33.2 Å². The van der Waals surface area contributed by atoms with E-state index in [-0.39, 0.29) is 5.91 Å².